The average Bonchev–Trinajstić information content (AvgIpc) is 2.95. The van der Waals surface area contributed by atoms with E-state index >= 15 is 0 Å². The van der Waals surface area contributed by atoms with Crippen LogP contribution in [0.15, 0.2) is 23.1 Å². The lowest BCUT2D eigenvalue weighted by Gasteiger charge is -2.33. The van der Waals surface area contributed by atoms with E-state index in [1.807, 2.05) is 31.4 Å². The lowest BCUT2D eigenvalue weighted by atomic mass is 9.74. The lowest BCUT2D eigenvalue weighted by molar-refractivity contribution is -0.157. The molecule has 2 aliphatic heterocycles. The number of benzene rings is 1. The number of nitrogens with zero attached hydrogens (tertiary/aromatic N) is 1. The number of likely N-dealkylation sites (tertiary alicyclic amines) is 1. The third-order valence-electron chi connectivity index (χ3n) is 5.10. The first-order valence-corrected chi connectivity index (χ1v) is 8.95. The molecule has 2 heterocycles. The standard InChI is InChI=1S/C17H21NO4S/c1-11-3-4-13(23-2)7-14(11)15(19)18-8-12-9-22-6-5-17(12,10-18)16(20)21/h3-4,7,12H,5-6,8-10H2,1-2H3,(H,20,21)/t12-,17+/m0/s1. The number of hydrogen-bond donors (Lipinski definition) is 1. The highest BCUT2D eigenvalue weighted by atomic mass is 32.2. The Morgan fingerprint density at radius 1 is 1.43 bits per heavy atom. The normalized spacial score (nSPS) is 26.9. The number of fused-ring (bicyclic) bond motifs is 1. The van der Waals surface area contributed by atoms with Gasteiger partial charge in [0, 0.05) is 36.1 Å². The summed E-state index contributed by atoms with van der Waals surface area (Å²) in [4.78, 5) is 27.5. The van der Waals surface area contributed by atoms with Crippen molar-refractivity contribution in [2.75, 3.05) is 32.6 Å². The molecule has 2 saturated heterocycles. The van der Waals surface area contributed by atoms with Gasteiger partial charge >= 0.3 is 5.97 Å². The number of carbonyl (C=O) groups excluding carboxylic acids is 1. The summed E-state index contributed by atoms with van der Waals surface area (Å²) in [6.45, 7) is 3.51. The van der Waals surface area contributed by atoms with Crippen molar-refractivity contribution in [1.82, 2.24) is 4.90 Å². The summed E-state index contributed by atoms with van der Waals surface area (Å²) in [5.41, 5.74) is 0.735. The maximum atomic E-state index is 12.9. The molecule has 23 heavy (non-hydrogen) atoms. The van der Waals surface area contributed by atoms with E-state index in [-0.39, 0.29) is 18.4 Å². The quantitative estimate of drug-likeness (QED) is 0.859. The summed E-state index contributed by atoms with van der Waals surface area (Å²) in [6, 6.07) is 5.83. The molecule has 2 fully saturated rings. The zero-order valence-electron chi connectivity index (χ0n) is 13.4. The van der Waals surface area contributed by atoms with Gasteiger partial charge in [0.25, 0.3) is 5.91 Å². The van der Waals surface area contributed by atoms with Crippen LogP contribution in [0.4, 0.5) is 0 Å². The van der Waals surface area contributed by atoms with Gasteiger partial charge in [0.1, 0.15) is 0 Å². The Labute approximate surface area is 140 Å². The SMILES string of the molecule is CSc1ccc(C)c(C(=O)N2C[C@H]3COCC[C@@]3(C(=O)O)C2)c1. The Morgan fingerprint density at radius 3 is 2.87 bits per heavy atom. The van der Waals surface area contributed by atoms with Crippen LogP contribution in [0.3, 0.4) is 0 Å². The summed E-state index contributed by atoms with van der Waals surface area (Å²) in [6.07, 6.45) is 2.45. The van der Waals surface area contributed by atoms with Crippen molar-refractivity contribution in [1.29, 1.82) is 0 Å². The molecule has 0 aromatic heterocycles. The highest BCUT2D eigenvalue weighted by Crippen LogP contribution is 2.43. The lowest BCUT2D eigenvalue weighted by Crippen LogP contribution is -2.45. The van der Waals surface area contributed by atoms with E-state index in [4.69, 9.17) is 4.74 Å². The topological polar surface area (TPSA) is 66.8 Å². The van der Waals surface area contributed by atoms with Crippen LogP contribution in [0.2, 0.25) is 0 Å². The molecule has 1 amide bonds. The Bertz CT molecular complexity index is 647. The number of carboxylic acids is 1. The fourth-order valence-corrected chi connectivity index (χ4v) is 4.02. The molecule has 1 N–H and O–H groups in total. The van der Waals surface area contributed by atoms with Crippen LogP contribution < -0.4 is 0 Å². The van der Waals surface area contributed by atoms with Gasteiger partial charge in [-0.1, -0.05) is 6.07 Å². The Balaban J connectivity index is 1.88. The van der Waals surface area contributed by atoms with Crippen molar-refractivity contribution < 1.29 is 19.4 Å². The predicted octanol–water partition coefficient (Wildman–Crippen LogP) is 2.28. The van der Waals surface area contributed by atoms with Gasteiger partial charge in [-0.2, -0.15) is 0 Å². The maximum absolute atomic E-state index is 12.9. The van der Waals surface area contributed by atoms with Crippen LogP contribution in [-0.4, -0.2) is 54.4 Å². The number of rotatable bonds is 3. The molecule has 2 atom stereocenters. The smallest absolute Gasteiger partial charge is 0.311 e. The van der Waals surface area contributed by atoms with Crippen LogP contribution in [0.1, 0.15) is 22.3 Å². The average molecular weight is 335 g/mol. The number of aryl methyl sites for hydroxylation is 1. The molecule has 3 rings (SSSR count). The molecule has 124 valence electrons. The number of carboxylic acid groups (broad SMARTS) is 1. The number of ether oxygens (including phenoxy) is 1. The molecule has 0 saturated carbocycles. The molecular formula is C17H21NO4S. The zero-order valence-corrected chi connectivity index (χ0v) is 14.2. The molecule has 2 aliphatic rings. The third-order valence-corrected chi connectivity index (χ3v) is 5.82. The monoisotopic (exact) mass is 335 g/mol. The van der Waals surface area contributed by atoms with Crippen molar-refractivity contribution in [2.24, 2.45) is 11.3 Å². The van der Waals surface area contributed by atoms with E-state index in [0.29, 0.717) is 31.7 Å². The first-order chi connectivity index (χ1) is 11.0. The summed E-state index contributed by atoms with van der Waals surface area (Å²) < 4.78 is 5.45. The van der Waals surface area contributed by atoms with Crippen LogP contribution in [0.5, 0.6) is 0 Å². The van der Waals surface area contributed by atoms with Gasteiger partial charge in [-0.3, -0.25) is 9.59 Å². The molecule has 0 aliphatic carbocycles. The minimum absolute atomic E-state index is 0.0755. The highest BCUT2D eigenvalue weighted by Gasteiger charge is 2.55. The van der Waals surface area contributed by atoms with Gasteiger partial charge in [0.2, 0.25) is 0 Å². The maximum Gasteiger partial charge on any atom is 0.311 e. The van der Waals surface area contributed by atoms with Gasteiger partial charge in [-0.05, 0) is 37.3 Å². The van der Waals surface area contributed by atoms with Crippen molar-refractivity contribution in [3.8, 4) is 0 Å². The molecule has 0 radical (unpaired) electrons. The van der Waals surface area contributed by atoms with Gasteiger partial charge in [0.05, 0.1) is 12.0 Å². The van der Waals surface area contributed by atoms with Gasteiger partial charge in [-0.15, -0.1) is 11.8 Å². The Kier molecular flexibility index (Phi) is 4.38. The summed E-state index contributed by atoms with van der Waals surface area (Å²) >= 11 is 1.59. The van der Waals surface area contributed by atoms with Crippen molar-refractivity contribution in [2.45, 2.75) is 18.2 Å². The predicted molar refractivity (Wildman–Crippen MR) is 87.9 cm³/mol. The van der Waals surface area contributed by atoms with Crippen molar-refractivity contribution >= 4 is 23.6 Å². The molecule has 0 spiro atoms. The highest BCUT2D eigenvalue weighted by molar-refractivity contribution is 7.98. The summed E-state index contributed by atoms with van der Waals surface area (Å²) in [7, 11) is 0. The van der Waals surface area contributed by atoms with Crippen LogP contribution >= 0.6 is 11.8 Å². The van der Waals surface area contributed by atoms with Crippen molar-refractivity contribution in [3.63, 3.8) is 0 Å². The van der Waals surface area contributed by atoms with Crippen LogP contribution in [-0.2, 0) is 9.53 Å². The molecule has 1 aromatic rings. The van der Waals surface area contributed by atoms with Gasteiger partial charge in [0.15, 0.2) is 0 Å². The molecule has 5 nitrogen and oxygen atoms in total. The molecule has 1 aromatic carbocycles. The second-order valence-electron chi connectivity index (χ2n) is 6.35. The number of hydrogen-bond acceptors (Lipinski definition) is 4. The third kappa shape index (κ3) is 2.74. The minimum Gasteiger partial charge on any atom is -0.481 e. The molecule has 0 bridgehead atoms. The number of carbonyl (C=O) groups is 2. The number of thioether (sulfide) groups is 1. The zero-order chi connectivity index (χ0) is 16.6. The van der Waals surface area contributed by atoms with E-state index in [0.717, 1.165) is 10.5 Å². The summed E-state index contributed by atoms with van der Waals surface area (Å²) in [5, 5.41) is 9.71. The first kappa shape index (κ1) is 16.3. The number of aliphatic carboxylic acids is 1. The van der Waals surface area contributed by atoms with Crippen molar-refractivity contribution in [3.05, 3.63) is 29.3 Å². The number of amides is 1. The second kappa shape index (κ2) is 6.17. The molecular weight excluding hydrogens is 314 g/mol. The van der Waals surface area contributed by atoms with E-state index in [1.165, 1.54) is 0 Å². The fraction of sp³-hybridized carbons (Fsp3) is 0.529. The first-order valence-electron chi connectivity index (χ1n) is 7.73. The van der Waals surface area contributed by atoms with E-state index in [9.17, 15) is 14.7 Å². The molecule has 0 unspecified atom stereocenters. The van der Waals surface area contributed by atoms with Crippen LogP contribution in [0, 0.1) is 18.3 Å². The fourth-order valence-electron chi connectivity index (χ4n) is 3.58. The van der Waals surface area contributed by atoms with E-state index < -0.39 is 11.4 Å². The van der Waals surface area contributed by atoms with E-state index in [2.05, 4.69) is 0 Å². The second-order valence-corrected chi connectivity index (χ2v) is 7.23. The largest absolute Gasteiger partial charge is 0.481 e. The van der Waals surface area contributed by atoms with Gasteiger partial charge < -0.3 is 14.7 Å². The molecule has 6 heteroatoms. The van der Waals surface area contributed by atoms with Crippen LogP contribution in [0.25, 0.3) is 0 Å². The Morgan fingerprint density at radius 2 is 2.22 bits per heavy atom. The Hall–Kier alpha value is -1.53. The minimum atomic E-state index is -0.848. The summed E-state index contributed by atoms with van der Waals surface area (Å²) in [5.74, 6) is -1.01. The van der Waals surface area contributed by atoms with E-state index in [1.54, 1.807) is 16.7 Å². The van der Waals surface area contributed by atoms with Gasteiger partial charge in [-0.25, -0.2) is 0 Å².